The minimum atomic E-state index is -0.0653. The fourth-order valence-electron chi connectivity index (χ4n) is 6.37. The number of fused-ring (bicyclic) bond motifs is 2. The molecule has 2 fully saturated rings. The number of nitriles is 1. The van der Waals surface area contributed by atoms with Crippen LogP contribution in [0.5, 0.6) is 5.75 Å². The van der Waals surface area contributed by atoms with Crippen LogP contribution in [-0.2, 0) is 4.74 Å². The van der Waals surface area contributed by atoms with E-state index in [4.69, 9.17) is 14.6 Å². The third kappa shape index (κ3) is 5.39. The first-order valence-corrected chi connectivity index (χ1v) is 14.6. The molecule has 6 nitrogen and oxygen atoms in total. The van der Waals surface area contributed by atoms with Gasteiger partial charge in [0.15, 0.2) is 6.23 Å². The average molecular weight is 523 g/mol. The highest BCUT2D eigenvalue weighted by Crippen LogP contribution is 2.35. The van der Waals surface area contributed by atoms with Crippen LogP contribution in [0.25, 0.3) is 32.9 Å². The Morgan fingerprint density at radius 3 is 2.56 bits per heavy atom. The van der Waals surface area contributed by atoms with E-state index in [1.54, 1.807) is 0 Å². The van der Waals surface area contributed by atoms with Crippen LogP contribution in [0.2, 0.25) is 0 Å². The molecule has 4 aromatic rings. The van der Waals surface area contributed by atoms with Gasteiger partial charge in [-0.15, -0.1) is 0 Å². The molecule has 6 rings (SSSR count). The summed E-state index contributed by atoms with van der Waals surface area (Å²) in [5.74, 6) is 0.915. The lowest BCUT2D eigenvalue weighted by Gasteiger charge is -2.39. The van der Waals surface area contributed by atoms with Crippen molar-refractivity contribution in [1.82, 2.24) is 14.7 Å². The zero-order valence-corrected chi connectivity index (χ0v) is 23.1. The maximum absolute atomic E-state index is 9.53. The summed E-state index contributed by atoms with van der Waals surface area (Å²) < 4.78 is 14.2. The zero-order valence-electron chi connectivity index (χ0n) is 23.1. The summed E-state index contributed by atoms with van der Waals surface area (Å²) in [4.78, 5) is 2.64. The summed E-state index contributed by atoms with van der Waals surface area (Å²) >= 11 is 0. The highest BCUT2D eigenvalue weighted by molar-refractivity contribution is 5.97. The first-order valence-electron chi connectivity index (χ1n) is 14.6. The lowest BCUT2D eigenvalue weighted by Crippen LogP contribution is -2.44. The van der Waals surface area contributed by atoms with Crippen molar-refractivity contribution < 1.29 is 9.47 Å². The van der Waals surface area contributed by atoms with Gasteiger partial charge in [-0.1, -0.05) is 24.6 Å². The molecule has 3 unspecified atom stereocenters. The van der Waals surface area contributed by atoms with Crippen molar-refractivity contribution in [3.8, 4) is 23.1 Å². The van der Waals surface area contributed by atoms with Crippen molar-refractivity contribution in [2.45, 2.75) is 77.1 Å². The van der Waals surface area contributed by atoms with Gasteiger partial charge in [-0.2, -0.15) is 10.4 Å². The van der Waals surface area contributed by atoms with Crippen molar-refractivity contribution >= 4 is 21.7 Å². The Labute approximate surface area is 231 Å². The van der Waals surface area contributed by atoms with E-state index < -0.39 is 0 Å². The van der Waals surface area contributed by atoms with Crippen LogP contribution in [0.4, 0.5) is 0 Å². The van der Waals surface area contributed by atoms with Crippen LogP contribution in [0.3, 0.4) is 0 Å². The van der Waals surface area contributed by atoms with E-state index in [-0.39, 0.29) is 6.23 Å². The first kappa shape index (κ1) is 25.9. The molecule has 0 N–H and O–H groups in total. The minimum absolute atomic E-state index is 0.0653. The van der Waals surface area contributed by atoms with Crippen LogP contribution < -0.4 is 4.74 Å². The second-order valence-electron chi connectivity index (χ2n) is 11.3. The summed E-state index contributed by atoms with van der Waals surface area (Å²) in [6.07, 6.45) is 8.11. The topological polar surface area (TPSA) is 63.3 Å². The molecule has 0 bridgehead atoms. The molecule has 0 saturated carbocycles. The molecule has 3 aromatic carbocycles. The van der Waals surface area contributed by atoms with Gasteiger partial charge in [0, 0.05) is 36.2 Å². The number of ether oxygens (including phenoxy) is 2. The molecule has 0 spiro atoms. The SMILES string of the molecule is CC1CCCC(C)N1CCCOc1ccc2cc(-c3nn(C4CCCCO4)c4ccc(C#N)cc34)ccc2c1. The Kier molecular flexibility index (Phi) is 7.54. The summed E-state index contributed by atoms with van der Waals surface area (Å²) in [5.41, 5.74) is 3.57. The van der Waals surface area contributed by atoms with Gasteiger partial charge in [-0.05, 0) is 99.5 Å². The quantitative estimate of drug-likeness (QED) is 0.236. The zero-order chi connectivity index (χ0) is 26.8. The predicted molar refractivity (Wildman–Crippen MR) is 156 cm³/mol. The third-order valence-corrected chi connectivity index (χ3v) is 8.55. The van der Waals surface area contributed by atoms with Gasteiger partial charge >= 0.3 is 0 Å². The maximum atomic E-state index is 9.53. The van der Waals surface area contributed by atoms with Crippen LogP contribution in [-0.4, -0.2) is 46.5 Å². The molecule has 3 heterocycles. The van der Waals surface area contributed by atoms with Gasteiger partial charge in [-0.25, -0.2) is 4.68 Å². The van der Waals surface area contributed by atoms with Crippen molar-refractivity contribution in [3.63, 3.8) is 0 Å². The molecule has 2 aliphatic rings. The minimum Gasteiger partial charge on any atom is -0.494 e. The standard InChI is InChI=1S/C33H38N4O2/c1-23-7-5-8-24(2)36(23)16-6-18-38-29-14-13-26-20-28(12-11-27(26)21-29)33-30-19-25(22-34)10-15-31(30)37(35-33)32-9-3-4-17-39-32/h10-15,19-21,23-24,32H,3-9,16-18H2,1-2H3. The van der Waals surface area contributed by atoms with Gasteiger partial charge in [-0.3, -0.25) is 4.90 Å². The largest absolute Gasteiger partial charge is 0.494 e. The van der Waals surface area contributed by atoms with Crippen molar-refractivity contribution in [2.75, 3.05) is 19.8 Å². The fraction of sp³-hybridized carbons (Fsp3) is 0.455. The fourth-order valence-corrected chi connectivity index (χ4v) is 6.37. The second-order valence-corrected chi connectivity index (χ2v) is 11.3. The van der Waals surface area contributed by atoms with Crippen molar-refractivity contribution in [1.29, 1.82) is 5.26 Å². The summed E-state index contributed by atoms with van der Waals surface area (Å²) in [7, 11) is 0. The number of piperidine rings is 1. The molecule has 0 aliphatic carbocycles. The number of hydrogen-bond donors (Lipinski definition) is 0. The van der Waals surface area contributed by atoms with E-state index in [1.807, 2.05) is 22.9 Å². The lowest BCUT2D eigenvalue weighted by molar-refractivity contribution is -0.0365. The van der Waals surface area contributed by atoms with Crippen LogP contribution >= 0.6 is 0 Å². The Morgan fingerprint density at radius 1 is 0.949 bits per heavy atom. The Bertz CT molecular complexity index is 1490. The van der Waals surface area contributed by atoms with E-state index in [1.165, 1.54) is 19.3 Å². The Balaban J connectivity index is 1.21. The number of rotatable bonds is 7. The Morgan fingerprint density at radius 2 is 1.77 bits per heavy atom. The van der Waals surface area contributed by atoms with E-state index in [0.29, 0.717) is 17.6 Å². The normalized spacial score (nSPS) is 22.2. The number of hydrogen-bond acceptors (Lipinski definition) is 5. The molecular weight excluding hydrogens is 484 g/mol. The summed E-state index contributed by atoms with van der Waals surface area (Å²) in [6.45, 7) is 7.29. The average Bonchev–Trinajstić information content (AvgIpc) is 3.35. The number of aromatic nitrogens is 2. The monoisotopic (exact) mass is 522 g/mol. The van der Waals surface area contributed by atoms with E-state index in [0.717, 1.165) is 84.1 Å². The van der Waals surface area contributed by atoms with Crippen molar-refractivity contribution in [3.05, 3.63) is 60.2 Å². The molecule has 202 valence electrons. The maximum Gasteiger partial charge on any atom is 0.150 e. The van der Waals surface area contributed by atoms with Crippen molar-refractivity contribution in [2.24, 2.45) is 0 Å². The summed E-state index contributed by atoms with van der Waals surface area (Å²) in [5, 5.41) is 17.8. The molecule has 6 heteroatoms. The highest BCUT2D eigenvalue weighted by Gasteiger charge is 2.24. The van der Waals surface area contributed by atoms with E-state index >= 15 is 0 Å². The lowest BCUT2D eigenvalue weighted by atomic mass is 9.97. The van der Waals surface area contributed by atoms with Crippen LogP contribution in [0.1, 0.15) is 70.6 Å². The molecule has 0 radical (unpaired) electrons. The predicted octanol–water partition coefficient (Wildman–Crippen LogP) is 7.46. The van der Waals surface area contributed by atoms with Crippen LogP contribution in [0, 0.1) is 11.3 Å². The molecule has 1 aromatic heterocycles. The number of nitrogens with zero attached hydrogens (tertiary/aromatic N) is 4. The van der Waals surface area contributed by atoms with Gasteiger partial charge in [0.25, 0.3) is 0 Å². The summed E-state index contributed by atoms with van der Waals surface area (Å²) in [6, 6.07) is 22.2. The molecule has 39 heavy (non-hydrogen) atoms. The van der Waals surface area contributed by atoms with Gasteiger partial charge in [0.2, 0.25) is 0 Å². The molecular formula is C33H38N4O2. The first-order chi connectivity index (χ1) is 19.1. The van der Waals surface area contributed by atoms with Gasteiger partial charge in [0.05, 0.1) is 23.8 Å². The third-order valence-electron chi connectivity index (χ3n) is 8.55. The van der Waals surface area contributed by atoms with Gasteiger partial charge in [0.1, 0.15) is 11.4 Å². The molecule has 3 atom stereocenters. The van der Waals surface area contributed by atoms with Gasteiger partial charge < -0.3 is 9.47 Å². The van der Waals surface area contributed by atoms with E-state index in [9.17, 15) is 5.26 Å². The molecule has 0 amide bonds. The number of benzene rings is 3. The van der Waals surface area contributed by atoms with E-state index in [2.05, 4.69) is 61.2 Å². The van der Waals surface area contributed by atoms with Crippen LogP contribution in [0.15, 0.2) is 54.6 Å². The number of likely N-dealkylation sites (tertiary alicyclic amines) is 1. The molecule has 2 aliphatic heterocycles. The second kappa shape index (κ2) is 11.4. The Hall–Kier alpha value is -3.40. The highest BCUT2D eigenvalue weighted by atomic mass is 16.5. The smallest absolute Gasteiger partial charge is 0.150 e. The molecule has 2 saturated heterocycles.